The van der Waals surface area contributed by atoms with Crippen LogP contribution in [0.15, 0.2) is 30.3 Å². The van der Waals surface area contributed by atoms with Gasteiger partial charge in [0.05, 0.1) is 23.1 Å². The van der Waals surface area contributed by atoms with E-state index in [9.17, 15) is 10.1 Å². The van der Waals surface area contributed by atoms with Crippen LogP contribution in [0, 0.1) is 49.3 Å². The van der Waals surface area contributed by atoms with Gasteiger partial charge in [-0.2, -0.15) is 5.26 Å². The molecule has 1 heterocycles. The summed E-state index contributed by atoms with van der Waals surface area (Å²) < 4.78 is 15.1. The van der Waals surface area contributed by atoms with Crippen LogP contribution in [-0.2, 0) is 4.79 Å². The molecule has 0 aliphatic carbocycles. The average molecular weight is 456 g/mol. The number of nitriles is 1. The Morgan fingerprint density at radius 1 is 1.19 bits per heavy atom. The number of benzene rings is 2. The predicted octanol–water partition coefficient (Wildman–Crippen LogP) is 6.04. The molecule has 0 spiro atoms. The van der Waals surface area contributed by atoms with Gasteiger partial charge in [0.25, 0.3) is 0 Å². The number of nitrogens with zero attached hydrogens (tertiary/aromatic N) is 1. The van der Waals surface area contributed by atoms with Crippen LogP contribution in [0.3, 0.4) is 0 Å². The number of amides is 1. The van der Waals surface area contributed by atoms with Gasteiger partial charge in [-0.25, -0.2) is 4.39 Å². The van der Waals surface area contributed by atoms with E-state index >= 15 is 4.39 Å². The zero-order valence-electron chi connectivity index (χ0n) is 19.5. The fourth-order valence-corrected chi connectivity index (χ4v) is 4.79. The molecule has 170 valence electrons. The molecule has 1 saturated heterocycles. The van der Waals surface area contributed by atoms with Crippen molar-refractivity contribution >= 4 is 23.2 Å². The summed E-state index contributed by atoms with van der Waals surface area (Å²) in [7, 11) is 0. The molecule has 0 bridgehead atoms. The van der Waals surface area contributed by atoms with E-state index < -0.39 is 23.7 Å². The van der Waals surface area contributed by atoms with Crippen LogP contribution in [0.5, 0.6) is 0 Å². The molecule has 32 heavy (non-hydrogen) atoms. The third-order valence-electron chi connectivity index (χ3n) is 6.28. The van der Waals surface area contributed by atoms with E-state index in [1.165, 1.54) is 6.07 Å². The van der Waals surface area contributed by atoms with Crippen molar-refractivity contribution in [1.82, 2.24) is 5.32 Å². The number of hydrogen-bond donors (Lipinski definition) is 2. The van der Waals surface area contributed by atoms with E-state index in [0.717, 1.165) is 22.4 Å². The molecule has 3 rings (SSSR count). The Morgan fingerprint density at radius 3 is 2.47 bits per heavy atom. The van der Waals surface area contributed by atoms with Gasteiger partial charge in [0, 0.05) is 17.6 Å². The van der Waals surface area contributed by atoms with Gasteiger partial charge in [-0.1, -0.05) is 50.6 Å². The summed E-state index contributed by atoms with van der Waals surface area (Å²) in [5.74, 6) is -2.08. The van der Waals surface area contributed by atoms with Gasteiger partial charge in [-0.05, 0) is 67.0 Å². The van der Waals surface area contributed by atoms with Crippen LogP contribution < -0.4 is 10.6 Å². The van der Waals surface area contributed by atoms with Gasteiger partial charge in [0.1, 0.15) is 5.82 Å². The Hall–Kier alpha value is -2.42. The first-order chi connectivity index (χ1) is 14.9. The molecule has 4 atom stereocenters. The number of carbonyl (C=O) groups is 1. The molecule has 2 aromatic carbocycles. The summed E-state index contributed by atoms with van der Waals surface area (Å²) in [6.45, 7) is 12.2. The van der Waals surface area contributed by atoms with Crippen LogP contribution in [0.2, 0.25) is 5.02 Å². The van der Waals surface area contributed by atoms with Crippen molar-refractivity contribution in [3.63, 3.8) is 0 Å². The van der Waals surface area contributed by atoms with Crippen LogP contribution in [0.25, 0.3) is 0 Å². The van der Waals surface area contributed by atoms with E-state index in [0.29, 0.717) is 12.0 Å². The number of hydrogen-bond acceptors (Lipinski definition) is 3. The minimum Gasteiger partial charge on any atom is -0.324 e. The van der Waals surface area contributed by atoms with Crippen molar-refractivity contribution in [2.45, 2.75) is 66.0 Å². The van der Waals surface area contributed by atoms with Gasteiger partial charge >= 0.3 is 0 Å². The molecule has 1 fully saturated rings. The van der Waals surface area contributed by atoms with Gasteiger partial charge in [-0.3, -0.25) is 4.79 Å². The highest BCUT2D eigenvalue weighted by molar-refractivity contribution is 6.30. The maximum absolute atomic E-state index is 15.1. The summed E-state index contributed by atoms with van der Waals surface area (Å²) in [6, 6.07) is 10.1. The van der Waals surface area contributed by atoms with E-state index in [1.54, 1.807) is 12.1 Å². The summed E-state index contributed by atoms with van der Waals surface area (Å²) >= 11 is 6.06. The van der Waals surface area contributed by atoms with E-state index in [2.05, 4.69) is 37.5 Å². The lowest BCUT2D eigenvalue weighted by Gasteiger charge is -2.25. The zero-order valence-corrected chi connectivity index (χ0v) is 20.3. The molecule has 6 heteroatoms. The molecule has 0 aromatic heterocycles. The zero-order chi connectivity index (χ0) is 23.8. The fourth-order valence-electron chi connectivity index (χ4n) is 4.61. The summed E-state index contributed by atoms with van der Waals surface area (Å²) in [6.07, 6.45) is 0.677. The number of rotatable bonds is 4. The van der Waals surface area contributed by atoms with Crippen molar-refractivity contribution in [2.75, 3.05) is 5.32 Å². The quantitative estimate of drug-likeness (QED) is 0.590. The lowest BCUT2D eigenvalue weighted by molar-refractivity contribution is -0.118. The van der Waals surface area contributed by atoms with Gasteiger partial charge in [0.15, 0.2) is 0 Å². The smallest absolute Gasteiger partial charge is 0.242 e. The summed E-state index contributed by atoms with van der Waals surface area (Å²) in [4.78, 5) is 13.5. The third-order valence-corrected chi connectivity index (χ3v) is 6.57. The predicted molar refractivity (Wildman–Crippen MR) is 127 cm³/mol. The number of halogens is 2. The molecule has 0 saturated carbocycles. The average Bonchev–Trinajstić information content (AvgIpc) is 3.04. The van der Waals surface area contributed by atoms with Crippen molar-refractivity contribution in [2.24, 2.45) is 11.3 Å². The molecular weight excluding hydrogens is 425 g/mol. The summed E-state index contributed by atoms with van der Waals surface area (Å²) in [5.41, 5.74) is 4.12. The SMILES string of the molecule is Cc1cc(C)c(NC(=O)[C@@H]2NC(CC(C)(C)C)C(C#N)C2c2cccc(Cl)c2F)cc1C. The Labute approximate surface area is 195 Å². The van der Waals surface area contributed by atoms with Gasteiger partial charge in [-0.15, -0.1) is 0 Å². The highest BCUT2D eigenvalue weighted by Crippen LogP contribution is 2.42. The maximum atomic E-state index is 15.1. The van der Waals surface area contributed by atoms with Crippen molar-refractivity contribution in [3.05, 3.63) is 63.4 Å². The molecule has 1 aliphatic heterocycles. The highest BCUT2D eigenvalue weighted by atomic mass is 35.5. The molecule has 1 amide bonds. The van der Waals surface area contributed by atoms with Crippen LogP contribution >= 0.6 is 11.6 Å². The van der Waals surface area contributed by atoms with Gasteiger partial charge in [0.2, 0.25) is 5.91 Å². The Balaban J connectivity index is 2.02. The van der Waals surface area contributed by atoms with Crippen LogP contribution in [0.1, 0.15) is 55.4 Å². The largest absolute Gasteiger partial charge is 0.324 e. The first-order valence-electron chi connectivity index (χ1n) is 10.9. The highest BCUT2D eigenvalue weighted by Gasteiger charge is 2.49. The maximum Gasteiger partial charge on any atom is 0.242 e. The molecule has 4 nitrogen and oxygen atoms in total. The van der Waals surface area contributed by atoms with Crippen molar-refractivity contribution < 1.29 is 9.18 Å². The van der Waals surface area contributed by atoms with Crippen molar-refractivity contribution in [3.8, 4) is 6.07 Å². The van der Waals surface area contributed by atoms with E-state index in [-0.39, 0.29) is 22.4 Å². The molecule has 2 N–H and O–H groups in total. The first kappa shape index (κ1) is 24.2. The third kappa shape index (κ3) is 4.98. The Morgan fingerprint density at radius 2 is 1.84 bits per heavy atom. The normalized spacial score (nSPS) is 23.1. The molecular formula is C26H31ClFN3O. The number of nitrogens with one attached hydrogen (secondary N) is 2. The van der Waals surface area contributed by atoms with Crippen LogP contribution in [-0.4, -0.2) is 18.0 Å². The topological polar surface area (TPSA) is 64.9 Å². The minimum absolute atomic E-state index is 0.0115. The first-order valence-corrected chi connectivity index (χ1v) is 11.3. The molecule has 3 unspecified atom stereocenters. The molecule has 2 aromatic rings. The summed E-state index contributed by atoms with van der Waals surface area (Å²) in [5, 5.41) is 16.4. The fraction of sp³-hybridized carbons (Fsp3) is 0.462. The Bertz CT molecular complexity index is 1070. The second-order valence-electron chi connectivity index (χ2n) is 10.1. The lowest BCUT2D eigenvalue weighted by atomic mass is 9.77. The van der Waals surface area contributed by atoms with Gasteiger partial charge < -0.3 is 10.6 Å². The second-order valence-corrected chi connectivity index (χ2v) is 10.5. The lowest BCUT2D eigenvalue weighted by Crippen LogP contribution is -2.42. The second kappa shape index (κ2) is 9.21. The van der Waals surface area contributed by atoms with Crippen molar-refractivity contribution in [1.29, 1.82) is 5.26 Å². The molecule has 1 aliphatic rings. The minimum atomic E-state index is -0.763. The number of anilines is 1. The number of carbonyl (C=O) groups excluding carboxylic acids is 1. The standard InChI is InChI=1S/C26H31ClFN3O/c1-14-10-16(3)20(11-15(14)2)31-25(32)24-22(17-8-7-9-19(27)23(17)28)18(13-29)21(30-24)12-26(4,5)6/h7-11,18,21-22,24,30H,12H2,1-6H3,(H,31,32)/t18?,21?,22?,24-/m1/s1. The molecule has 0 radical (unpaired) electrons. The van der Waals surface area contributed by atoms with E-state index in [4.69, 9.17) is 11.6 Å². The van der Waals surface area contributed by atoms with Crippen LogP contribution in [0.4, 0.5) is 10.1 Å². The monoisotopic (exact) mass is 455 g/mol. The Kier molecular flexibility index (Phi) is 6.97. The van der Waals surface area contributed by atoms with E-state index in [1.807, 2.05) is 32.9 Å². The number of aryl methyl sites for hydroxylation is 3.